The van der Waals surface area contributed by atoms with Gasteiger partial charge < -0.3 is 5.73 Å². The normalized spacial score (nSPS) is 36.8. The molecule has 2 nitrogen and oxygen atoms in total. The Bertz CT molecular complexity index is 415. The van der Waals surface area contributed by atoms with E-state index in [-0.39, 0.29) is 5.54 Å². The van der Waals surface area contributed by atoms with Crippen LogP contribution in [0.2, 0.25) is 0 Å². The lowest BCUT2D eigenvalue weighted by Crippen LogP contribution is -2.45. The van der Waals surface area contributed by atoms with E-state index in [0.29, 0.717) is 5.92 Å². The maximum Gasteiger partial charge on any atom is 0.0484 e. The Morgan fingerprint density at radius 3 is 3.06 bits per heavy atom. The van der Waals surface area contributed by atoms with Gasteiger partial charge in [-0.3, -0.25) is 4.98 Å². The fourth-order valence-corrected chi connectivity index (χ4v) is 3.85. The number of hydrogen-bond donors (Lipinski definition) is 1. The molecule has 0 aliphatic heterocycles. The monoisotopic (exact) mass is 230 g/mol. The molecule has 2 heteroatoms. The molecular formula is C15H22N2. The van der Waals surface area contributed by atoms with E-state index < -0.39 is 0 Å². The summed E-state index contributed by atoms with van der Waals surface area (Å²) in [5, 5.41) is 0. The Balaban J connectivity index is 1.95. The summed E-state index contributed by atoms with van der Waals surface area (Å²) >= 11 is 0. The minimum Gasteiger partial charge on any atom is -0.324 e. The zero-order chi connectivity index (χ0) is 11.9. The minimum absolute atomic E-state index is 0.0168. The zero-order valence-electron chi connectivity index (χ0n) is 10.7. The first-order chi connectivity index (χ1) is 8.19. The van der Waals surface area contributed by atoms with Crippen molar-refractivity contribution in [3.8, 4) is 0 Å². The van der Waals surface area contributed by atoms with Crippen LogP contribution in [0.3, 0.4) is 0 Å². The van der Waals surface area contributed by atoms with Crippen LogP contribution in [0.15, 0.2) is 18.3 Å². The van der Waals surface area contributed by atoms with E-state index >= 15 is 0 Å². The second kappa shape index (κ2) is 4.09. The van der Waals surface area contributed by atoms with Crippen LogP contribution in [0.1, 0.15) is 56.2 Å². The first-order valence-corrected chi connectivity index (χ1v) is 6.92. The first-order valence-electron chi connectivity index (χ1n) is 6.92. The van der Waals surface area contributed by atoms with Crippen molar-refractivity contribution in [3.63, 3.8) is 0 Å². The molecule has 1 fully saturated rings. The van der Waals surface area contributed by atoms with E-state index in [1.165, 1.54) is 49.8 Å². The van der Waals surface area contributed by atoms with Crippen LogP contribution in [0.4, 0.5) is 0 Å². The van der Waals surface area contributed by atoms with Gasteiger partial charge in [0.1, 0.15) is 0 Å². The van der Waals surface area contributed by atoms with Crippen LogP contribution >= 0.6 is 0 Å². The molecule has 2 aliphatic carbocycles. The molecule has 0 saturated heterocycles. The van der Waals surface area contributed by atoms with Gasteiger partial charge in [-0.25, -0.2) is 0 Å². The van der Waals surface area contributed by atoms with Crippen molar-refractivity contribution in [1.82, 2.24) is 4.98 Å². The van der Waals surface area contributed by atoms with E-state index in [1.54, 1.807) is 0 Å². The van der Waals surface area contributed by atoms with Crippen LogP contribution in [0.25, 0.3) is 0 Å². The molecule has 1 aromatic rings. The highest BCUT2D eigenvalue weighted by atomic mass is 14.8. The zero-order valence-corrected chi connectivity index (χ0v) is 10.7. The molecule has 2 aliphatic rings. The predicted molar refractivity (Wildman–Crippen MR) is 69.8 cm³/mol. The molecule has 3 atom stereocenters. The lowest BCUT2D eigenvalue weighted by molar-refractivity contribution is 0.306. The van der Waals surface area contributed by atoms with Gasteiger partial charge in [0, 0.05) is 23.3 Å². The van der Waals surface area contributed by atoms with Gasteiger partial charge in [0.15, 0.2) is 0 Å². The highest BCUT2D eigenvalue weighted by Gasteiger charge is 2.43. The second-order valence-electron chi connectivity index (χ2n) is 6.07. The third-order valence-electron chi connectivity index (χ3n) is 4.72. The molecule has 92 valence electrons. The molecule has 1 saturated carbocycles. The molecule has 0 aromatic carbocycles. The molecule has 2 N–H and O–H groups in total. The van der Waals surface area contributed by atoms with E-state index in [9.17, 15) is 0 Å². The number of fused-ring (bicyclic) bond motifs is 1. The quantitative estimate of drug-likeness (QED) is 0.805. The van der Waals surface area contributed by atoms with E-state index in [4.69, 9.17) is 5.73 Å². The molecule has 3 unspecified atom stereocenters. The standard InChI is InChI=1S/C15H22N2/c1-11-7-8-15(16,10-11)13-6-2-4-12-5-3-9-17-14(12)13/h3,5,9,11,13H,2,4,6-8,10,16H2,1H3. The Morgan fingerprint density at radius 2 is 2.29 bits per heavy atom. The van der Waals surface area contributed by atoms with Gasteiger partial charge in [0.05, 0.1) is 0 Å². The molecule has 0 spiro atoms. The van der Waals surface area contributed by atoms with Crippen LogP contribution in [0, 0.1) is 5.92 Å². The fraction of sp³-hybridized carbons (Fsp3) is 0.667. The minimum atomic E-state index is 0.0168. The van der Waals surface area contributed by atoms with Crippen molar-refractivity contribution in [3.05, 3.63) is 29.6 Å². The van der Waals surface area contributed by atoms with Crippen molar-refractivity contribution in [1.29, 1.82) is 0 Å². The Morgan fingerprint density at radius 1 is 1.41 bits per heavy atom. The third-order valence-corrected chi connectivity index (χ3v) is 4.72. The summed E-state index contributed by atoms with van der Waals surface area (Å²) in [6.45, 7) is 2.33. The molecule has 1 heterocycles. The van der Waals surface area contributed by atoms with Gasteiger partial charge in [-0.2, -0.15) is 0 Å². The van der Waals surface area contributed by atoms with Crippen LogP contribution in [0.5, 0.6) is 0 Å². The van der Waals surface area contributed by atoms with E-state index in [1.807, 2.05) is 6.20 Å². The van der Waals surface area contributed by atoms with Gasteiger partial charge in [-0.1, -0.05) is 13.0 Å². The average molecular weight is 230 g/mol. The summed E-state index contributed by atoms with van der Waals surface area (Å²) in [6.07, 6.45) is 9.26. The van der Waals surface area contributed by atoms with Gasteiger partial charge in [0.25, 0.3) is 0 Å². The van der Waals surface area contributed by atoms with Crippen molar-refractivity contribution in [2.24, 2.45) is 11.7 Å². The largest absolute Gasteiger partial charge is 0.324 e. The summed E-state index contributed by atoms with van der Waals surface area (Å²) < 4.78 is 0. The molecule has 1 aromatic heterocycles. The number of rotatable bonds is 1. The molecule has 0 amide bonds. The lowest BCUT2D eigenvalue weighted by Gasteiger charge is -2.37. The summed E-state index contributed by atoms with van der Waals surface area (Å²) in [7, 11) is 0. The number of aromatic nitrogens is 1. The molecule has 3 rings (SSSR count). The predicted octanol–water partition coefficient (Wildman–Crippen LogP) is 3.02. The maximum absolute atomic E-state index is 6.70. The molecule has 0 radical (unpaired) electrons. The third kappa shape index (κ3) is 1.89. The highest BCUT2D eigenvalue weighted by molar-refractivity contribution is 5.29. The van der Waals surface area contributed by atoms with Crippen LogP contribution in [-0.2, 0) is 6.42 Å². The molecular weight excluding hydrogens is 208 g/mol. The second-order valence-corrected chi connectivity index (χ2v) is 6.07. The van der Waals surface area contributed by atoms with Crippen molar-refractivity contribution in [2.75, 3.05) is 0 Å². The Kier molecular flexibility index (Phi) is 2.70. The SMILES string of the molecule is CC1CCC(N)(C2CCCc3cccnc32)C1. The maximum atomic E-state index is 6.70. The number of nitrogens with zero attached hydrogens (tertiary/aromatic N) is 1. The number of hydrogen-bond acceptors (Lipinski definition) is 2. The average Bonchev–Trinajstić information content (AvgIpc) is 2.70. The van der Waals surface area contributed by atoms with Crippen LogP contribution in [-0.4, -0.2) is 10.5 Å². The number of pyridine rings is 1. The Hall–Kier alpha value is -0.890. The first kappa shape index (κ1) is 11.2. The smallest absolute Gasteiger partial charge is 0.0484 e. The van der Waals surface area contributed by atoms with E-state index in [0.717, 1.165) is 5.92 Å². The van der Waals surface area contributed by atoms with E-state index in [2.05, 4.69) is 24.0 Å². The van der Waals surface area contributed by atoms with Crippen molar-refractivity contribution >= 4 is 0 Å². The summed E-state index contributed by atoms with van der Waals surface area (Å²) in [5.74, 6) is 1.28. The van der Waals surface area contributed by atoms with Crippen LogP contribution < -0.4 is 5.73 Å². The molecule has 17 heavy (non-hydrogen) atoms. The topological polar surface area (TPSA) is 38.9 Å². The van der Waals surface area contributed by atoms with Gasteiger partial charge in [-0.15, -0.1) is 0 Å². The lowest BCUT2D eigenvalue weighted by atomic mass is 9.73. The van der Waals surface area contributed by atoms with Crippen molar-refractivity contribution < 1.29 is 0 Å². The summed E-state index contributed by atoms with van der Waals surface area (Å²) in [6, 6.07) is 4.29. The number of nitrogens with two attached hydrogens (primary N) is 1. The summed E-state index contributed by atoms with van der Waals surface area (Å²) in [5.41, 5.74) is 9.46. The highest BCUT2D eigenvalue weighted by Crippen LogP contribution is 2.46. The van der Waals surface area contributed by atoms with Crippen molar-refractivity contribution in [2.45, 2.75) is 56.9 Å². The van der Waals surface area contributed by atoms with Gasteiger partial charge in [0.2, 0.25) is 0 Å². The van der Waals surface area contributed by atoms with Gasteiger partial charge >= 0.3 is 0 Å². The summed E-state index contributed by atoms with van der Waals surface area (Å²) in [4.78, 5) is 4.64. The molecule has 0 bridgehead atoms. The fourth-order valence-electron chi connectivity index (χ4n) is 3.85. The Labute approximate surface area is 104 Å². The van der Waals surface area contributed by atoms with Gasteiger partial charge in [-0.05, 0) is 56.1 Å². The number of aryl methyl sites for hydroxylation is 1.